The molecule has 0 aromatic carbocycles. The van der Waals surface area contributed by atoms with Crippen molar-refractivity contribution in [3.05, 3.63) is 48.6 Å². The molecule has 0 aromatic rings. The molecule has 0 aliphatic carbocycles. The van der Waals surface area contributed by atoms with Crippen molar-refractivity contribution in [2.24, 2.45) is 0 Å². The molecule has 0 bridgehead atoms. The molecule has 1 N–H and O–H groups in total. The van der Waals surface area contributed by atoms with E-state index in [-0.39, 0.29) is 42.7 Å². The minimum atomic E-state index is -0.891. The SMILES string of the molecule is CC/C=C\C/C=C\C/C=C\C/C=C\CCCCC(=O)OC(COCCC(C(=O)O)[N+](C)(C)C)COC(=O)CCC. The number of hydrogen-bond acceptors (Lipinski definition) is 6. The maximum absolute atomic E-state index is 12.4. The van der Waals surface area contributed by atoms with Crippen LogP contribution < -0.4 is 0 Å². The Hall–Kier alpha value is -2.71. The summed E-state index contributed by atoms with van der Waals surface area (Å²) in [6.45, 7) is 4.17. The van der Waals surface area contributed by atoms with Gasteiger partial charge in [-0.2, -0.15) is 0 Å². The lowest BCUT2D eigenvalue weighted by atomic mass is 10.1. The molecule has 0 spiro atoms. The number of allylic oxidation sites excluding steroid dienone is 8. The van der Waals surface area contributed by atoms with E-state index in [1.165, 1.54) is 0 Å². The van der Waals surface area contributed by atoms with Gasteiger partial charge in [0.1, 0.15) is 6.61 Å². The van der Waals surface area contributed by atoms with Crippen molar-refractivity contribution in [1.82, 2.24) is 0 Å². The number of nitrogens with zero attached hydrogens (tertiary/aromatic N) is 1. The Morgan fingerprint density at radius 2 is 1.38 bits per heavy atom. The molecule has 0 fully saturated rings. The number of carboxylic acids is 1. The molecule has 8 nitrogen and oxygen atoms in total. The van der Waals surface area contributed by atoms with Crippen molar-refractivity contribution < 1.29 is 38.2 Å². The summed E-state index contributed by atoms with van der Waals surface area (Å²) in [5, 5.41) is 9.45. The number of likely N-dealkylation sites (N-methyl/N-ethyl adjacent to an activating group) is 1. The number of esters is 2. The van der Waals surface area contributed by atoms with Gasteiger partial charge < -0.3 is 23.8 Å². The third-order valence-corrected chi connectivity index (χ3v) is 5.96. The van der Waals surface area contributed by atoms with E-state index in [2.05, 4.69) is 55.5 Å². The lowest BCUT2D eigenvalue weighted by molar-refractivity contribution is -0.887. The Morgan fingerprint density at radius 1 is 0.775 bits per heavy atom. The first-order valence-electron chi connectivity index (χ1n) is 14.7. The van der Waals surface area contributed by atoms with Gasteiger partial charge in [0.15, 0.2) is 12.1 Å². The summed E-state index contributed by atoms with van der Waals surface area (Å²) in [5.41, 5.74) is 0. The topological polar surface area (TPSA) is 99.1 Å². The highest BCUT2D eigenvalue weighted by molar-refractivity contribution is 5.72. The van der Waals surface area contributed by atoms with E-state index in [1.54, 1.807) is 0 Å². The Labute approximate surface area is 242 Å². The molecular weight excluding hydrogens is 510 g/mol. The molecule has 0 amide bonds. The lowest BCUT2D eigenvalue weighted by Gasteiger charge is -2.31. The van der Waals surface area contributed by atoms with E-state index in [0.717, 1.165) is 38.5 Å². The van der Waals surface area contributed by atoms with Gasteiger partial charge in [0.05, 0.1) is 34.4 Å². The molecule has 0 radical (unpaired) electrons. The van der Waals surface area contributed by atoms with Gasteiger partial charge in [-0.15, -0.1) is 0 Å². The molecule has 0 heterocycles. The summed E-state index contributed by atoms with van der Waals surface area (Å²) in [6, 6.07) is -0.617. The van der Waals surface area contributed by atoms with Crippen molar-refractivity contribution in [3.63, 3.8) is 0 Å². The summed E-state index contributed by atoms with van der Waals surface area (Å²) in [6.07, 6.45) is 24.5. The third-order valence-electron chi connectivity index (χ3n) is 5.96. The van der Waals surface area contributed by atoms with Crippen molar-refractivity contribution in [2.45, 2.75) is 96.6 Å². The maximum atomic E-state index is 12.4. The molecule has 8 heteroatoms. The molecule has 0 aromatic heterocycles. The van der Waals surface area contributed by atoms with Crippen molar-refractivity contribution in [3.8, 4) is 0 Å². The second-order valence-corrected chi connectivity index (χ2v) is 10.6. The highest BCUT2D eigenvalue weighted by Gasteiger charge is 2.31. The van der Waals surface area contributed by atoms with Crippen LogP contribution in [0.1, 0.15) is 84.5 Å². The van der Waals surface area contributed by atoms with Gasteiger partial charge in [-0.25, -0.2) is 4.79 Å². The fourth-order valence-electron chi connectivity index (χ4n) is 3.70. The Balaban J connectivity index is 4.35. The zero-order chi connectivity index (χ0) is 30.1. The summed E-state index contributed by atoms with van der Waals surface area (Å²) in [7, 11) is 5.45. The largest absolute Gasteiger partial charge is 0.477 e. The van der Waals surface area contributed by atoms with E-state index in [0.29, 0.717) is 25.7 Å². The van der Waals surface area contributed by atoms with Gasteiger partial charge in [-0.1, -0.05) is 62.5 Å². The molecule has 0 aliphatic rings. The second kappa shape index (κ2) is 24.1. The Bertz CT molecular complexity index is 809. The van der Waals surface area contributed by atoms with Crippen LogP contribution in [0, 0.1) is 0 Å². The summed E-state index contributed by atoms with van der Waals surface area (Å²) in [5.74, 6) is -1.60. The van der Waals surface area contributed by atoms with E-state index < -0.39 is 18.1 Å². The van der Waals surface area contributed by atoms with Gasteiger partial charge in [0.2, 0.25) is 0 Å². The number of hydrogen-bond donors (Lipinski definition) is 1. The van der Waals surface area contributed by atoms with Crippen LogP contribution in [0.4, 0.5) is 0 Å². The minimum Gasteiger partial charge on any atom is -0.477 e. The maximum Gasteiger partial charge on any atom is 0.362 e. The number of rotatable bonds is 24. The monoisotopic (exact) mass is 564 g/mol. The first-order chi connectivity index (χ1) is 19.1. The van der Waals surface area contributed by atoms with Crippen LogP contribution in [0.25, 0.3) is 0 Å². The molecule has 0 saturated carbocycles. The summed E-state index contributed by atoms with van der Waals surface area (Å²) < 4.78 is 16.7. The standard InChI is InChI=1S/C32H53NO7/c1-6-8-9-10-11-12-13-14-15-16-17-18-19-20-21-23-31(35)40-28(27-39-30(34)22-7-2)26-38-25-24-29(32(36)37)33(3,4)5/h8-9,11-12,14-15,17-18,28-29H,6-7,10,13,16,19-27H2,1-5H3/p+1/b9-8-,12-11-,15-14-,18-17-. The molecular formula is C32H54NO7+. The highest BCUT2D eigenvalue weighted by Crippen LogP contribution is 2.10. The molecule has 0 rings (SSSR count). The predicted molar refractivity (Wildman–Crippen MR) is 160 cm³/mol. The van der Waals surface area contributed by atoms with Crippen LogP contribution in [-0.2, 0) is 28.6 Å². The van der Waals surface area contributed by atoms with Gasteiger partial charge in [0, 0.05) is 19.3 Å². The molecule has 0 saturated heterocycles. The number of carbonyl (C=O) groups excluding carboxylic acids is 2. The fraction of sp³-hybridized carbons (Fsp3) is 0.656. The number of carbonyl (C=O) groups is 3. The van der Waals surface area contributed by atoms with Gasteiger partial charge in [0.25, 0.3) is 0 Å². The van der Waals surface area contributed by atoms with Crippen molar-refractivity contribution in [1.29, 1.82) is 0 Å². The van der Waals surface area contributed by atoms with Crippen LogP contribution in [0.5, 0.6) is 0 Å². The highest BCUT2D eigenvalue weighted by atomic mass is 16.6. The van der Waals surface area contributed by atoms with Gasteiger partial charge in [-0.3, -0.25) is 9.59 Å². The van der Waals surface area contributed by atoms with Crippen molar-refractivity contribution in [2.75, 3.05) is 41.0 Å². The van der Waals surface area contributed by atoms with Gasteiger partial charge >= 0.3 is 17.9 Å². The fourth-order valence-corrected chi connectivity index (χ4v) is 3.70. The number of aliphatic carboxylic acids is 1. The van der Waals surface area contributed by atoms with E-state index in [1.807, 2.05) is 28.1 Å². The van der Waals surface area contributed by atoms with Crippen LogP contribution in [-0.4, -0.2) is 80.6 Å². The van der Waals surface area contributed by atoms with Crippen LogP contribution in [0.15, 0.2) is 48.6 Å². The first kappa shape index (κ1) is 37.3. The first-order valence-corrected chi connectivity index (χ1v) is 14.7. The predicted octanol–water partition coefficient (Wildman–Crippen LogP) is 6.17. The van der Waals surface area contributed by atoms with E-state index in [9.17, 15) is 19.5 Å². The quantitative estimate of drug-likeness (QED) is 0.0647. The molecule has 2 unspecified atom stereocenters. The van der Waals surface area contributed by atoms with Crippen LogP contribution in [0.3, 0.4) is 0 Å². The zero-order valence-electron chi connectivity index (χ0n) is 25.5. The van der Waals surface area contributed by atoms with Crippen LogP contribution >= 0.6 is 0 Å². The third kappa shape index (κ3) is 22.1. The molecule has 0 aliphatic heterocycles. The number of unbranched alkanes of at least 4 members (excludes halogenated alkanes) is 2. The smallest absolute Gasteiger partial charge is 0.362 e. The average Bonchev–Trinajstić information content (AvgIpc) is 2.88. The Kier molecular flexibility index (Phi) is 22.5. The second-order valence-electron chi connectivity index (χ2n) is 10.6. The van der Waals surface area contributed by atoms with Gasteiger partial charge in [-0.05, 0) is 51.4 Å². The molecule has 228 valence electrons. The average molecular weight is 565 g/mol. The number of quaternary nitrogens is 1. The normalized spacial score (nSPS) is 13.9. The van der Waals surface area contributed by atoms with Crippen molar-refractivity contribution >= 4 is 17.9 Å². The summed E-state index contributed by atoms with van der Waals surface area (Å²) in [4.78, 5) is 35.7. The number of carboxylic acid groups (broad SMARTS) is 1. The molecule has 40 heavy (non-hydrogen) atoms. The number of ether oxygens (including phenoxy) is 3. The summed E-state index contributed by atoms with van der Waals surface area (Å²) >= 11 is 0. The van der Waals surface area contributed by atoms with E-state index >= 15 is 0 Å². The van der Waals surface area contributed by atoms with Crippen LogP contribution in [0.2, 0.25) is 0 Å². The van der Waals surface area contributed by atoms with E-state index in [4.69, 9.17) is 14.2 Å². The minimum absolute atomic E-state index is 0.0383. The Morgan fingerprint density at radius 3 is 1.93 bits per heavy atom. The molecule has 2 atom stereocenters. The lowest BCUT2D eigenvalue weighted by Crippen LogP contribution is -2.50. The zero-order valence-corrected chi connectivity index (χ0v) is 25.5.